The molecule has 0 atom stereocenters. The Balaban J connectivity index is 2.16. The van der Waals surface area contributed by atoms with Crippen LogP contribution in [0.4, 0.5) is 0 Å². The first-order chi connectivity index (χ1) is 10.3. The van der Waals surface area contributed by atoms with Gasteiger partial charge >= 0.3 is 5.76 Å². The zero-order valence-electron chi connectivity index (χ0n) is 12.5. The zero-order valence-corrected chi connectivity index (χ0v) is 14.0. The van der Waals surface area contributed by atoms with Crippen molar-refractivity contribution in [1.29, 1.82) is 0 Å². The van der Waals surface area contributed by atoms with Crippen LogP contribution in [-0.4, -0.2) is 38.2 Å². The van der Waals surface area contributed by atoms with E-state index in [1.54, 1.807) is 19.1 Å². The zero-order chi connectivity index (χ0) is 16.3. The Morgan fingerprint density at radius 2 is 2.05 bits per heavy atom. The number of fused-ring (bicyclic) bond motifs is 1. The minimum Gasteiger partial charge on any atom is -0.407 e. The van der Waals surface area contributed by atoms with Crippen LogP contribution >= 0.6 is 11.6 Å². The Morgan fingerprint density at radius 1 is 1.32 bits per heavy atom. The van der Waals surface area contributed by atoms with Crippen LogP contribution in [0.1, 0.15) is 12.0 Å². The Morgan fingerprint density at radius 3 is 2.73 bits per heavy atom. The largest absolute Gasteiger partial charge is 0.419 e. The molecule has 2 aromatic rings. The van der Waals surface area contributed by atoms with Gasteiger partial charge in [0, 0.05) is 18.7 Å². The summed E-state index contributed by atoms with van der Waals surface area (Å²) in [5.41, 5.74) is 1.84. The lowest BCUT2D eigenvalue weighted by atomic mass is 10.2. The van der Waals surface area contributed by atoms with Gasteiger partial charge in [-0.2, -0.15) is 0 Å². The topological polar surface area (TPSA) is 78.5 Å². The lowest BCUT2D eigenvalue weighted by molar-refractivity contribution is 0.217. The number of nitrogens with zero attached hydrogens (tertiary/aromatic N) is 1. The predicted octanol–water partition coefficient (Wildman–Crippen LogP) is 2.01. The summed E-state index contributed by atoms with van der Waals surface area (Å²) in [6.45, 7) is 2.24. The van der Waals surface area contributed by atoms with E-state index in [1.807, 2.05) is 0 Å². The summed E-state index contributed by atoms with van der Waals surface area (Å²) in [5.74, 6) is -0.528. The van der Waals surface area contributed by atoms with Gasteiger partial charge in [0.25, 0.3) is 0 Å². The lowest BCUT2D eigenvalue weighted by Crippen LogP contribution is -2.19. The summed E-state index contributed by atoms with van der Waals surface area (Å²) in [6, 6.07) is 3.36. The van der Waals surface area contributed by atoms with Gasteiger partial charge in [0.15, 0.2) is 15.4 Å². The third kappa shape index (κ3) is 3.91. The van der Waals surface area contributed by atoms with E-state index < -0.39 is 15.6 Å². The first-order valence-corrected chi connectivity index (χ1v) is 9.03. The van der Waals surface area contributed by atoms with E-state index in [9.17, 15) is 13.2 Å². The van der Waals surface area contributed by atoms with Crippen LogP contribution in [0.3, 0.4) is 0 Å². The molecule has 0 bridgehead atoms. The van der Waals surface area contributed by atoms with E-state index in [1.165, 1.54) is 11.7 Å². The molecule has 1 aromatic carbocycles. The molecule has 8 heteroatoms. The fraction of sp³-hybridized carbons (Fsp3) is 0.500. The highest BCUT2D eigenvalue weighted by Crippen LogP contribution is 2.23. The molecule has 0 amide bonds. The van der Waals surface area contributed by atoms with E-state index in [-0.39, 0.29) is 24.7 Å². The van der Waals surface area contributed by atoms with E-state index in [0.29, 0.717) is 22.5 Å². The maximum atomic E-state index is 11.9. The van der Waals surface area contributed by atoms with E-state index in [4.69, 9.17) is 20.8 Å². The van der Waals surface area contributed by atoms with Gasteiger partial charge in [-0.25, -0.2) is 13.2 Å². The minimum atomic E-state index is -3.18. The smallest absolute Gasteiger partial charge is 0.407 e. The van der Waals surface area contributed by atoms with Crippen molar-refractivity contribution in [3.8, 4) is 0 Å². The number of hydrogen-bond donors (Lipinski definition) is 0. The molecule has 0 radical (unpaired) electrons. The van der Waals surface area contributed by atoms with Crippen molar-refractivity contribution < 1.29 is 17.6 Å². The summed E-state index contributed by atoms with van der Waals surface area (Å²) in [5, 5.41) is 0.507. The fourth-order valence-electron chi connectivity index (χ4n) is 2.25. The molecule has 0 spiro atoms. The maximum absolute atomic E-state index is 11.9. The lowest BCUT2D eigenvalue weighted by Gasteiger charge is -2.05. The van der Waals surface area contributed by atoms with E-state index in [0.717, 1.165) is 5.56 Å². The van der Waals surface area contributed by atoms with Gasteiger partial charge in [-0.3, -0.25) is 4.57 Å². The number of ether oxygens (including phenoxy) is 1. The van der Waals surface area contributed by atoms with Gasteiger partial charge in [0.2, 0.25) is 0 Å². The van der Waals surface area contributed by atoms with Crippen molar-refractivity contribution in [2.45, 2.75) is 19.9 Å². The SMILES string of the molecule is COCCS(=O)(=O)CCCn1c(=O)oc2c(C)cc(Cl)cc21. The van der Waals surface area contributed by atoms with Crippen LogP contribution in [0.5, 0.6) is 0 Å². The van der Waals surface area contributed by atoms with Crippen LogP contribution in [0, 0.1) is 6.92 Å². The molecule has 2 rings (SSSR count). The molecule has 122 valence electrons. The third-order valence-electron chi connectivity index (χ3n) is 3.36. The second-order valence-corrected chi connectivity index (χ2v) is 7.83. The molecule has 1 aromatic heterocycles. The summed E-state index contributed by atoms with van der Waals surface area (Å²) in [7, 11) is -1.72. The highest BCUT2D eigenvalue weighted by Gasteiger charge is 2.14. The van der Waals surface area contributed by atoms with Gasteiger partial charge in [-0.15, -0.1) is 0 Å². The molecular weight excluding hydrogens is 330 g/mol. The van der Waals surface area contributed by atoms with Gasteiger partial charge in [0.1, 0.15) is 0 Å². The molecule has 0 saturated heterocycles. The normalized spacial score (nSPS) is 12.1. The van der Waals surface area contributed by atoms with E-state index >= 15 is 0 Å². The number of rotatable bonds is 7. The minimum absolute atomic E-state index is 0.00494. The summed E-state index contributed by atoms with van der Waals surface area (Å²) in [4.78, 5) is 11.9. The van der Waals surface area contributed by atoms with Crippen LogP contribution in [0.15, 0.2) is 21.3 Å². The first-order valence-electron chi connectivity index (χ1n) is 6.83. The van der Waals surface area contributed by atoms with Crippen molar-refractivity contribution >= 4 is 32.5 Å². The van der Waals surface area contributed by atoms with Crippen LogP contribution in [0.2, 0.25) is 5.02 Å². The Labute approximate surface area is 133 Å². The fourth-order valence-corrected chi connectivity index (χ4v) is 3.71. The van der Waals surface area contributed by atoms with Crippen molar-refractivity contribution in [1.82, 2.24) is 4.57 Å². The number of oxazole rings is 1. The number of aromatic nitrogens is 1. The average molecular weight is 348 g/mol. The first kappa shape index (κ1) is 17.1. The molecule has 0 N–H and O–H groups in total. The number of halogens is 1. The standard InChI is InChI=1S/C14H18ClNO5S/c1-10-8-11(15)9-12-13(10)21-14(17)16(12)4-3-6-22(18,19)7-5-20-2/h8-9H,3-7H2,1-2H3. The molecule has 22 heavy (non-hydrogen) atoms. The molecule has 0 unspecified atom stereocenters. The van der Waals surface area contributed by atoms with Crippen molar-refractivity contribution in [3.05, 3.63) is 33.3 Å². The molecule has 0 aliphatic rings. The van der Waals surface area contributed by atoms with Crippen molar-refractivity contribution in [2.75, 3.05) is 25.2 Å². The summed E-state index contributed by atoms with van der Waals surface area (Å²) < 4.78 is 34.9. The second kappa shape index (κ2) is 6.85. The van der Waals surface area contributed by atoms with Crippen molar-refractivity contribution in [2.24, 2.45) is 0 Å². The molecule has 0 aliphatic heterocycles. The van der Waals surface area contributed by atoms with Crippen LogP contribution in [0.25, 0.3) is 11.1 Å². The van der Waals surface area contributed by atoms with Crippen LogP contribution in [-0.2, 0) is 21.1 Å². The summed E-state index contributed by atoms with van der Waals surface area (Å²) in [6.07, 6.45) is 0.326. The number of benzene rings is 1. The van der Waals surface area contributed by atoms with Crippen molar-refractivity contribution in [3.63, 3.8) is 0 Å². The number of methoxy groups -OCH3 is 1. The Bertz CT molecular complexity index is 822. The predicted molar refractivity (Wildman–Crippen MR) is 85.4 cm³/mol. The summed E-state index contributed by atoms with van der Waals surface area (Å²) >= 11 is 6.00. The maximum Gasteiger partial charge on any atom is 0.419 e. The highest BCUT2D eigenvalue weighted by molar-refractivity contribution is 7.91. The van der Waals surface area contributed by atoms with E-state index in [2.05, 4.69) is 0 Å². The molecular formula is C14H18ClNO5S. The second-order valence-electron chi connectivity index (χ2n) is 5.09. The van der Waals surface area contributed by atoms with Gasteiger partial charge in [0.05, 0.1) is 23.6 Å². The molecule has 1 heterocycles. The molecule has 6 nitrogen and oxygen atoms in total. The van der Waals surface area contributed by atoms with Gasteiger partial charge in [-0.1, -0.05) is 11.6 Å². The average Bonchev–Trinajstić information content (AvgIpc) is 2.74. The van der Waals surface area contributed by atoms with Gasteiger partial charge in [-0.05, 0) is 31.0 Å². The monoisotopic (exact) mass is 347 g/mol. The molecule has 0 fully saturated rings. The quantitative estimate of drug-likeness (QED) is 0.765. The molecule has 0 saturated carbocycles. The molecule has 0 aliphatic carbocycles. The van der Waals surface area contributed by atoms with Crippen LogP contribution < -0.4 is 5.76 Å². The Kier molecular flexibility index (Phi) is 5.31. The van der Waals surface area contributed by atoms with Gasteiger partial charge < -0.3 is 9.15 Å². The highest BCUT2D eigenvalue weighted by atomic mass is 35.5. The third-order valence-corrected chi connectivity index (χ3v) is 5.27. The Hall–Kier alpha value is -1.31. The number of sulfone groups is 1. The number of hydrogen-bond acceptors (Lipinski definition) is 5. The number of aryl methyl sites for hydroxylation is 2.